The molecule has 3 unspecified atom stereocenters. The number of carbonyl (C=O) groups excluding carboxylic acids is 1. The highest BCUT2D eigenvalue weighted by Gasteiger charge is 2.32. The first-order valence-electron chi connectivity index (χ1n) is 7.60. The Balaban J connectivity index is 2.18. The van der Waals surface area contributed by atoms with Gasteiger partial charge in [0, 0.05) is 6.54 Å². The molecule has 0 radical (unpaired) electrons. The van der Waals surface area contributed by atoms with Gasteiger partial charge in [0.2, 0.25) is 5.91 Å². The third-order valence-electron chi connectivity index (χ3n) is 3.97. The quantitative estimate of drug-likeness (QED) is 0.844. The van der Waals surface area contributed by atoms with Crippen LogP contribution in [0.3, 0.4) is 0 Å². The topological polar surface area (TPSA) is 29.5 Å². The molecule has 1 saturated heterocycles. The normalized spacial score (nSPS) is 24.4. The van der Waals surface area contributed by atoms with Gasteiger partial charge in [0.05, 0.1) is 24.7 Å². The molecule has 1 aromatic rings. The summed E-state index contributed by atoms with van der Waals surface area (Å²) in [6.07, 6.45) is 2.05. The van der Waals surface area contributed by atoms with Gasteiger partial charge in [0.25, 0.3) is 0 Å². The first kappa shape index (κ1) is 15.0. The van der Waals surface area contributed by atoms with E-state index in [0.29, 0.717) is 13.2 Å². The van der Waals surface area contributed by atoms with Crippen LogP contribution in [-0.2, 0) is 9.53 Å². The molecular weight excluding hydrogens is 250 g/mol. The lowest BCUT2D eigenvalue weighted by Gasteiger charge is -2.38. The maximum Gasteiger partial charge on any atom is 0.230 e. The second-order valence-corrected chi connectivity index (χ2v) is 5.74. The molecule has 0 N–H and O–H groups in total. The minimum absolute atomic E-state index is 0.0195. The smallest absolute Gasteiger partial charge is 0.230 e. The van der Waals surface area contributed by atoms with Crippen molar-refractivity contribution in [3.63, 3.8) is 0 Å². The van der Waals surface area contributed by atoms with Crippen LogP contribution in [-0.4, -0.2) is 36.1 Å². The highest BCUT2D eigenvalue weighted by Crippen LogP contribution is 2.26. The number of rotatable bonds is 4. The third kappa shape index (κ3) is 3.40. The predicted molar refractivity (Wildman–Crippen MR) is 80.7 cm³/mol. The van der Waals surface area contributed by atoms with Gasteiger partial charge in [-0.15, -0.1) is 0 Å². The lowest BCUT2D eigenvalue weighted by molar-refractivity contribution is -0.145. The Hall–Kier alpha value is -1.35. The van der Waals surface area contributed by atoms with Crippen LogP contribution in [0.4, 0.5) is 0 Å². The summed E-state index contributed by atoms with van der Waals surface area (Å²) >= 11 is 0. The number of amides is 1. The van der Waals surface area contributed by atoms with E-state index in [-0.39, 0.29) is 24.0 Å². The fraction of sp³-hybridized carbons (Fsp3) is 0.588. The van der Waals surface area contributed by atoms with E-state index >= 15 is 0 Å². The molecule has 3 nitrogen and oxygen atoms in total. The zero-order valence-corrected chi connectivity index (χ0v) is 12.7. The maximum atomic E-state index is 12.9. The highest BCUT2D eigenvalue weighted by atomic mass is 16.5. The molecule has 0 saturated carbocycles. The molecular formula is C17H25NO2. The van der Waals surface area contributed by atoms with Crippen molar-refractivity contribution in [1.82, 2.24) is 4.90 Å². The molecule has 3 atom stereocenters. The fourth-order valence-corrected chi connectivity index (χ4v) is 2.82. The number of benzene rings is 1. The van der Waals surface area contributed by atoms with Crippen molar-refractivity contribution in [2.24, 2.45) is 0 Å². The molecule has 20 heavy (non-hydrogen) atoms. The Morgan fingerprint density at radius 1 is 1.35 bits per heavy atom. The van der Waals surface area contributed by atoms with Crippen molar-refractivity contribution in [2.45, 2.75) is 51.7 Å². The van der Waals surface area contributed by atoms with Gasteiger partial charge in [-0.05, 0) is 25.8 Å². The molecule has 1 aliphatic heterocycles. The van der Waals surface area contributed by atoms with Crippen molar-refractivity contribution in [3.05, 3.63) is 35.9 Å². The van der Waals surface area contributed by atoms with E-state index < -0.39 is 0 Å². The van der Waals surface area contributed by atoms with Gasteiger partial charge in [-0.2, -0.15) is 0 Å². The first-order valence-corrected chi connectivity index (χ1v) is 7.60. The molecule has 110 valence electrons. The molecule has 1 heterocycles. The summed E-state index contributed by atoms with van der Waals surface area (Å²) in [6.45, 7) is 7.57. The number of morpholine rings is 1. The van der Waals surface area contributed by atoms with Crippen molar-refractivity contribution in [2.75, 3.05) is 13.2 Å². The van der Waals surface area contributed by atoms with E-state index in [1.807, 2.05) is 30.0 Å². The van der Waals surface area contributed by atoms with Gasteiger partial charge in [0.1, 0.15) is 0 Å². The van der Waals surface area contributed by atoms with Crippen LogP contribution < -0.4 is 0 Å². The summed E-state index contributed by atoms with van der Waals surface area (Å²) in [4.78, 5) is 14.9. The maximum absolute atomic E-state index is 12.9. The van der Waals surface area contributed by atoms with E-state index in [9.17, 15) is 4.79 Å². The molecule has 2 rings (SSSR count). The van der Waals surface area contributed by atoms with Crippen LogP contribution in [0.25, 0.3) is 0 Å². The molecule has 0 spiro atoms. The Morgan fingerprint density at radius 3 is 2.70 bits per heavy atom. The second kappa shape index (κ2) is 6.89. The summed E-state index contributed by atoms with van der Waals surface area (Å²) in [7, 11) is 0. The summed E-state index contributed by atoms with van der Waals surface area (Å²) in [5.41, 5.74) is 1.13. The van der Waals surface area contributed by atoms with Crippen LogP contribution in [0.1, 0.15) is 45.1 Å². The van der Waals surface area contributed by atoms with Gasteiger partial charge in [0.15, 0.2) is 0 Å². The van der Waals surface area contributed by atoms with Gasteiger partial charge < -0.3 is 9.64 Å². The summed E-state index contributed by atoms with van der Waals surface area (Å²) in [6, 6.07) is 10.3. The van der Waals surface area contributed by atoms with Crippen molar-refractivity contribution >= 4 is 5.91 Å². The summed E-state index contributed by atoms with van der Waals surface area (Å²) in [5.74, 6) is 0.231. The van der Waals surface area contributed by atoms with E-state index in [4.69, 9.17) is 4.74 Å². The minimum atomic E-state index is -0.0195. The number of carbonyl (C=O) groups is 1. The van der Waals surface area contributed by atoms with Crippen LogP contribution in [0.15, 0.2) is 30.3 Å². The Bertz CT molecular complexity index is 432. The van der Waals surface area contributed by atoms with E-state index in [0.717, 1.165) is 18.4 Å². The molecule has 0 aromatic heterocycles. The van der Waals surface area contributed by atoms with Crippen LogP contribution in [0, 0.1) is 0 Å². The SMILES string of the molecule is CCCC(C(=O)N1CC(C)OCC1C)c1ccccc1. The van der Waals surface area contributed by atoms with Gasteiger partial charge in [-0.25, -0.2) is 0 Å². The Kier molecular flexibility index (Phi) is 5.18. The van der Waals surface area contributed by atoms with Crippen molar-refractivity contribution < 1.29 is 9.53 Å². The van der Waals surface area contributed by atoms with Crippen LogP contribution in [0.5, 0.6) is 0 Å². The van der Waals surface area contributed by atoms with Gasteiger partial charge in [-0.1, -0.05) is 43.7 Å². The summed E-state index contributed by atoms with van der Waals surface area (Å²) < 4.78 is 5.62. The average Bonchev–Trinajstić information content (AvgIpc) is 2.47. The molecule has 1 amide bonds. The van der Waals surface area contributed by atoms with Gasteiger partial charge >= 0.3 is 0 Å². The molecule has 1 aliphatic rings. The van der Waals surface area contributed by atoms with Gasteiger partial charge in [-0.3, -0.25) is 4.79 Å². The summed E-state index contributed by atoms with van der Waals surface area (Å²) in [5, 5.41) is 0. The Labute approximate surface area is 121 Å². The molecule has 1 fully saturated rings. The standard InChI is InChI=1S/C17H25NO2/c1-4-8-16(15-9-6-5-7-10-15)17(19)18-11-14(3)20-12-13(18)2/h5-7,9-10,13-14,16H,4,8,11-12H2,1-3H3. The highest BCUT2D eigenvalue weighted by molar-refractivity contribution is 5.84. The molecule has 3 heteroatoms. The van der Waals surface area contributed by atoms with Crippen molar-refractivity contribution in [3.8, 4) is 0 Å². The van der Waals surface area contributed by atoms with Crippen molar-refractivity contribution in [1.29, 1.82) is 0 Å². The van der Waals surface area contributed by atoms with E-state index in [1.54, 1.807) is 0 Å². The third-order valence-corrected chi connectivity index (χ3v) is 3.97. The molecule has 0 aliphatic carbocycles. The number of hydrogen-bond donors (Lipinski definition) is 0. The number of hydrogen-bond acceptors (Lipinski definition) is 2. The fourth-order valence-electron chi connectivity index (χ4n) is 2.82. The molecule has 1 aromatic carbocycles. The van der Waals surface area contributed by atoms with Crippen LogP contribution >= 0.6 is 0 Å². The zero-order valence-electron chi connectivity index (χ0n) is 12.7. The lowest BCUT2D eigenvalue weighted by atomic mass is 9.92. The van der Waals surface area contributed by atoms with E-state index in [2.05, 4.69) is 26.0 Å². The Morgan fingerprint density at radius 2 is 2.05 bits per heavy atom. The first-order chi connectivity index (χ1) is 9.63. The average molecular weight is 275 g/mol. The largest absolute Gasteiger partial charge is 0.375 e. The van der Waals surface area contributed by atoms with E-state index in [1.165, 1.54) is 0 Å². The minimum Gasteiger partial charge on any atom is -0.375 e. The lowest BCUT2D eigenvalue weighted by Crippen LogP contribution is -2.51. The number of ether oxygens (including phenoxy) is 1. The second-order valence-electron chi connectivity index (χ2n) is 5.74. The molecule has 0 bridgehead atoms. The monoisotopic (exact) mass is 275 g/mol. The zero-order chi connectivity index (χ0) is 14.5. The number of nitrogens with zero attached hydrogens (tertiary/aromatic N) is 1. The predicted octanol–water partition coefficient (Wildman–Crippen LogP) is 3.21. The van der Waals surface area contributed by atoms with Crippen LogP contribution in [0.2, 0.25) is 0 Å².